The van der Waals surface area contributed by atoms with Gasteiger partial charge in [-0.15, -0.1) is 0 Å². The van der Waals surface area contributed by atoms with Crippen LogP contribution in [0.25, 0.3) is 11.3 Å². The van der Waals surface area contributed by atoms with E-state index in [1.807, 2.05) is 0 Å². The zero-order chi connectivity index (χ0) is 28.4. The Morgan fingerprint density at radius 2 is 1.92 bits per heavy atom. The molecule has 13 heteroatoms. The largest absolute Gasteiger partial charge is 0.493 e. The number of halogens is 3. The molecule has 1 aliphatic rings. The molecule has 208 valence electrons. The maximum Gasteiger partial charge on any atom is 0.424 e. The Balaban J connectivity index is 1.70. The molecule has 3 aromatic rings. The molecule has 1 aromatic carbocycles. The molecule has 2 unspecified atom stereocenters. The number of methoxy groups -OCH3 is 1. The summed E-state index contributed by atoms with van der Waals surface area (Å²) in [5.41, 5.74) is 1.45. The number of pyridine rings is 2. The number of hydrogen-bond donors (Lipinski definition) is 4. The first kappa shape index (κ1) is 28.1. The minimum Gasteiger partial charge on any atom is -0.493 e. The van der Waals surface area contributed by atoms with Gasteiger partial charge in [-0.25, -0.2) is 4.98 Å². The Morgan fingerprint density at radius 3 is 2.56 bits per heavy atom. The van der Waals surface area contributed by atoms with Crippen molar-refractivity contribution in [3.8, 4) is 28.5 Å². The van der Waals surface area contributed by atoms with Gasteiger partial charge >= 0.3 is 6.18 Å². The summed E-state index contributed by atoms with van der Waals surface area (Å²) < 4.78 is 59.5. The number of nitrogens with zero attached hydrogens (tertiary/aromatic N) is 2. The van der Waals surface area contributed by atoms with Gasteiger partial charge in [-0.3, -0.25) is 9.78 Å². The number of ether oxygens (including phenoxy) is 3. The first-order chi connectivity index (χ1) is 18.4. The Kier molecular flexibility index (Phi) is 7.68. The number of rotatable bonds is 9. The van der Waals surface area contributed by atoms with Crippen LogP contribution in [0, 0.1) is 0 Å². The lowest BCUT2D eigenvalue weighted by Gasteiger charge is -2.31. The van der Waals surface area contributed by atoms with Crippen LogP contribution < -0.4 is 25.3 Å². The number of aliphatic hydroxyl groups is 2. The van der Waals surface area contributed by atoms with E-state index in [1.165, 1.54) is 49.8 Å². The van der Waals surface area contributed by atoms with Crippen molar-refractivity contribution < 1.29 is 42.4 Å². The molecule has 0 bridgehead atoms. The Hall–Kier alpha value is -3.94. The van der Waals surface area contributed by atoms with Crippen molar-refractivity contribution in [1.82, 2.24) is 15.3 Å². The van der Waals surface area contributed by atoms with E-state index in [2.05, 4.69) is 15.3 Å². The van der Waals surface area contributed by atoms with E-state index in [-0.39, 0.29) is 53.9 Å². The number of fused-ring (bicyclic) bond motifs is 1. The van der Waals surface area contributed by atoms with Gasteiger partial charge in [0.05, 0.1) is 31.5 Å². The molecular weight excluding hydrogens is 521 g/mol. The zero-order valence-electron chi connectivity index (χ0n) is 21.1. The van der Waals surface area contributed by atoms with Crippen LogP contribution in [0.2, 0.25) is 0 Å². The van der Waals surface area contributed by atoms with E-state index in [0.29, 0.717) is 5.56 Å². The number of hydrogen-bond acceptors (Lipinski definition) is 9. The summed E-state index contributed by atoms with van der Waals surface area (Å²) in [4.78, 5) is 20.9. The molecule has 10 nitrogen and oxygen atoms in total. The number of benzene rings is 1. The number of carbonyl (C=O) groups is 1. The fourth-order valence-corrected chi connectivity index (χ4v) is 4.05. The SMILES string of the molecule is COc1cc(C(=O)NCC(O)(c2cc3c(c(-c4ccncc4)n2)OCC3(C)N)C(F)(F)F)ccc1OCCO. The second kappa shape index (κ2) is 10.7. The zero-order valence-corrected chi connectivity index (χ0v) is 21.1. The normalized spacial score (nSPS) is 18.1. The molecule has 5 N–H and O–H groups in total. The molecule has 0 saturated carbocycles. The van der Waals surface area contributed by atoms with Gasteiger partial charge in [0.1, 0.15) is 18.9 Å². The predicted octanol–water partition coefficient (Wildman–Crippen LogP) is 2.27. The van der Waals surface area contributed by atoms with Gasteiger partial charge in [0.2, 0.25) is 5.60 Å². The molecule has 0 aliphatic carbocycles. The summed E-state index contributed by atoms with van der Waals surface area (Å²) in [7, 11) is 1.32. The highest BCUT2D eigenvalue weighted by atomic mass is 19.4. The minimum atomic E-state index is -5.23. The van der Waals surface area contributed by atoms with Crippen molar-refractivity contribution in [2.75, 3.05) is 33.5 Å². The first-order valence-corrected chi connectivity index (χ1v) is 11.8. The molecule has 1 amide bonds. The maximum absolute atomic E-state index is 14.4. The third-order valence-corrected chi connectivity index (χ3v) is 6.23. The van der Waals surface area contributed by atoms with Gasteiger partial charge in [-0.2, -0.15) is 13.2 Å². The quantitative estimate of drug-likeness (QED) is 0.316. The number of nitrogens with two attached hydrogens (primary N) is 1. The third kappa shape index (κ3) is 5.46. The Labute approximate surface area is 221 Å². The minimum absolute atomic E-state index is 0.00736. The fraction of sp³-hybridized carbons (Fsp3) is 0.346. The molecule has 39 heavy (non-hydrogen) atoms. The van der Waals surface area contributed by atoms with Crippen molar-refractivity contribution in [1.29, 1.82) is 0 Å². The van der Waals surface area contributed by atoms with Gasteiger partial charge in [-0.05, 0) is 43.3 Å². The maximum atomic E-state index is 14.4. The standard InChI is InChI=1S/C26H27F3N4O6/c1-24(30)14-39-22-17(24)12-20(33-21(22)15-5-7-31-8-6-15)25(36,26(27,28)29)13-32-23(35)16-3-4-18(38-10-9-34)19(11-16)37-2/h3-8,11-12,34,36H,9-10,13-14,30H2,1-2H3,(H,32,35). The number of carbonyl (C=O) groups excluding carboxylic acids is 1. The summed E-state index contributed by atoms with van der Waals surface area (Å²) >= 11 is 0. The summed E-state index contributed by atoms with van der Waals surface area (Å²) in [5.74, 6) is -0.342. The predicted molar refractivity (Wildman–Crippen MR) is 132 cm³/mol. The molecule has 2 atom stereocenters. The van der Waals surface area contributed by atoms with Crippen LogP contribution in [-0.2, 0) is 11.1 Å². The van der Waals surface area contributed by atoms with E-state index < -0.39 is 35.5 Å². The average molecular weight is 549 g/mol. The van der Waals surface area contributed by atoms with Crippen LogP contribution in [0.15, 0.2) is 48.8 Å². The fourth-order valence-electron chi connectivity index (χ4n) is 4.05. The van der Waals surface area contributed by atoms with E-state index in [4.69, 9.17) is 25.1 Å². The number of amides is 1. The topological polar surface area (TPSA) is 149 Å². The van der Waals surface area contributed by atoms with Crippen LogP contribution >= 0.6 is 0 Å². The Morgan fingerprint density at radius 1 is 1.21 bits per heavy atom. The summed E-state index contributed by atoms with van der Waals surface area (Å²) in [6.07, 6.45) is -2.35. The average Bonchev–Trinajstić information content (AvgIpc) is 3.23. The van der Waals surface area contributed by atoms with Crippen molar-refractivity contribution in [3.05, 3.63) is 65.6 Å². The van der Waals surface area contributed by atoms with Gasteiger partial charge in [0.15, 0.2) is 17.2 Å². The van der Waals surface area contributed by atoms with Gasteiger partial charge < -0.3 is 35.5 Å². The highest BCUT2D eigenvalue weighted by Crippen LogP contribution is 2.46. The molecule has 2 aromatic heterocycles. The van der Waals surface area contributed by atoms with Crippen LogP contribution in [0.5, 0.6) is 17.2 Å². The molecule has 0 spiro atoms. The summed E-state index contributed by atoms with van der Waals surface area (Å²) in [5, 5.41) is 22.1. The molecule has 4 rings (SSSR count). The van der Waals surface area contributed by atoms with E-state index in [0.717, 1.165) is 6.07 Å². The Bertz CT molecular complexity index is 1350. The summed E-state index contributed by atoms with van der Waals surface area (Å²) in [6, 6.07) is 8.09. The highest BCUT2D eigenvalue weighted by Gasteiger charge is 2.57. The van der Waals surface area contributed by atoms with E-state index in [1.54, 1.807) is 6.92 Å². The van der Waals surface area contributed by atoms with Crippen LogP contribution in [0.1, 0.15) is 28.5 Å². The van der Waals surface area contributed by atoms with Crippen molar-refractivity contribution in [2.24, 2.45) is 5.73 Å². The number of aromatic nitrogens is 2. The lowest BCUT2D eigenvalue weighted by atomic mass is 9.89. The van der Waals surface area contributed by atoms with Crippen LogP contribution in [-0.4, -0.2) is 65.7 Å². The van der Waals surface area contributed by atoms with Gasteiger partial charge in [0.25, 0.3) is 5.91 Å². The molecular formula is C26H27F3N4O6. The lowest BCUT2D eigenvalue weighted by molar-refractivity contribution is -0.265. The van der Waals surface area contributed by atoms with Gasteiger partial charge in [-0.1, -0.05) is 0 Å². The van der Waals surface area contributed by atoms with Crippen LogP contribution in [0.3, 0.4) is 0 Å². The van der Waals surface area contributed by atoms with Gasteiger partial charge in [0, 0.05) is 29.1 Å². The van der Waals surface area contributed by atoms with Crippen LogP contribution in [0.4, 0.5) is 13.2 Å². The molecule has 1 aliphatic heterocycles. The van der Waals surface area contributed by atoms with E-state index in [9.17, 15) is 23.1 Å². The molecule has 0 saturated heterocycles. The molecule has 0 radical (unpaired) electrons. The number of aliphatic hydroxyl groups excluding tert-OH is 1. The monoisotopic (exact) mass is 548 g/mol. The smallest absolute Gasteiger partial charge is 0.424 e. The van der Waals surface area contributed by atoms with Crippen molar-refractivity contribution >= 4 is 5.91 Å². The van der Waals surface area contributed by atoms with E-state index >= 15 is 0 Å². The van der Waals surface area contributed by atoms with Crippen molar-refractivity contribution in [3.63, 3.8) is 0 Å². The molecule has 0 fully saturated rings. The first-order valence-electron chi connectivity index (χ1n) is 11.8. The second-order valence-corrected chi connectivity index (χ2v) is 9.15. The third-order valence-electron chi connectivity index (χ3n) is 6.23. The second-order valence-electron chi connectivity index (χ2n) is 9.15. The van der Waals surface area contributed by atoms with Crippen molar-refractivity contribution in [2.45, 2.75) is 24.2 Å². The highest BCUT2D eigenvalue weighted by molar-refractivity contribution is 5.95. The summed E-state index contributed by atoms with van der Waals surface area (Å²) in [6.45, 7) is 0.0600. The molecule has 3 heterocycles. The lowest BCUT2D eigenvalue weighted by Crippen LogP contribution is -2.51. The number of nitrogens with one attached hydrogen (secondary N) is 1. The number of alkyl halides is 3.